The summed E-state index contributed by atoms with van der Waals surface area (Å²) in [5.74, 6) is 0.713. The summed E-state index contributed by atoms with van der Waals surface area (Å²) in [6.45, 7) is 9.19. The molecule has 1 rings (SSSR count). The van der Waals surface area contributed by atoms with Crippen molar-refractivity contribution in [2.75, 3.05) is 13.1 Å². The van der Waals surface area contributed by atoms with Crippen LogP contribution in [0.1, 0.15) is 40.0 Å². The van der Waals surface area contributed by atoms with E-state index in [9.17, 15) is 0 Å². The number of rotatable bonds is 3. The molecule has 1 aliphatic heterocycles. The fourth-order valence-corrected chi connectivity index (χ4v) is 2.13. The van der Waals surface area contributed by atoms with E-state index in [0.29, 0.717) is 12.0 Å². The van der Waals surface area contributed by atoms with E-state index < -0.39 is 0 Å². The molecule has 1 aliphatic rings. The zero-order chi connectivity index (χ0) is 9.84. The molecule has 0 radical (unpaired) electrons. The van der Waals surface area contributed by atoms with Crippen LogP contribution >= 0.6 is 0 Å². The fourth-order valence-electron chi connectivity index (χ4n) is 2.13. The van der Waals surface area contributed by atoms with Gasteiger partial charge in [0.15, 0.2) is 0 Å². The van der Waals surface area contributed by atoms with Gasteiger partial charge < -0.3 is 5.73 Å². The van der Waals surface area contributed by atoms with E-state index >= 15 is 0 Å². The van der Waals surface area contributed by atoms with Crippen molar-refractivity contribution in [2.24, 2.45) is 11.7 Å². The Hall–Kier alpha value is -0.0800. The smallest absolute Gasteiger partial charge is 0.0194 e. The minimum Gasteiger partial charge on any atom is -0.326 e. The molecule has 2 nitrogen and oxygen atoms in total. The van der Waals surface area contributed by atoms with Crippen molar-refractivity contribution in [2.45, 2.75) is 52.1 Å². The van der Waals surface area contributed by atoms with Gasteiger partial charge in [-0.05, 0) is 32.2 Å². The monoisotopic (exact) mass is 184 g/mol. The van der Waals surface area contributed by atoms with E-state index in [-0.39, 0.29) is 0 Å². The lowest BCUT2D eigenvalue weighted by atomic mass is 9.93. The van der Waals surface area contributed by atoms with E-state index in [1.165, 1.54) is 25.8 Å². The Morgan fingerprint density at radius 1 is 1.54 bits per heavy atom. The average molecular weight is 184 g/mol. The highest BCUT2D eigenvalue weighted by molar-refractivity contribution is 4.82. The maximum Gasteiger partial charge on any atom is 0.0194 e. The van der Waals surface area contributed by atoms with Crippen LogP contribution in [0.5, 0.6) is 0 Å². The average Bonchev–Trinajstić information content (AvgIpc) is 2.10. The minimum atomic E-state index is 0.396. The molecule has 0 spiro atoms. The van der Waals surface area contributed by atoms with Crippen LogP contribution in [0.25, 0.3) is 0 Å². The van der Waals surface area contributed by atoms with Gasteiger partial charge in [0.05, 0.1) is 0 Å². The van der Waals surface area contributed by atoms with Crippen LogP contribution in [0.2, 0.25) is 0 Å². The Morgan fingerprint density at radius 3 is 2.77 bits per heavy atom. The maximum absolute atomic E-state index is 6.06. The number of hydrogen-bond donors (Lipinski definition) is 1. The third-order valence-electron chi connectivity index (χ3n) is 3.38. The van der Waals surface area contributed by atoms with Crippen molar-refractivity contribution < 1.29 is 0 Å². The predicted octanol–water partition coefficient (Wildman–Crippen LogP) is 1.84. The van der Waals surface area contributed by atoms with Gasteiger partial charge in [-0.1, -0.05) is 20.3 Å². The summed E-state index contributed by atoms with van der Waals surface area (Å²) < 4.78 is 0. The van der Waals surface area contributed by atoms with Crippen molar-refractivity contribution in [1.82, 2.24) is 4.90 Å². The summed E-state index contributed by atoms with van der Waals surface area (Å²) in [6.07, 6.45) is 3.86. The zero-order valence-corrected chi connectivity index (χ0v) is 9.29. The van der Waals surface area contributed by atoms with Crippen molar-refractivity contribution >= 4 is 0 Å². The molecule has 0 aromatic carbocycles. The normalized spacial score (nSPS) is 33.2. The standard InChI is InChI=1S/C11H24N2/c1-4-5-10(3)13-7-6-9(2)11(12)8-13/h9-11H,4-8,12H2,1-3H3. The van der Waals surface area contributed by atoms with Crippen LogP contribution in [0.15, 0.2) is 0 Å². The van der Waals surface area contributed by atoms with Crippen LogP contribution in [-0.2, 0) is 0 Å². The second-order valence-corrected chi connectivity index (χ2v) is 4.56. The topological polar surface area (TPSA) is 29.3 Å². The van der Waals surface area contributed by atoms with Gasteiger partial charge in [-0.15, -0.1) is 0 Å². The fraction of sp³-hybridized carbons (Fsp3) is 1.00. The van der Waals surface area contributed by atoms with E-state index in [1.807, 2.05) is 0 Å². The third kappa shape index (κ3) is 2.96. The Labute approximate surface area is 82.5 Å². The first-order chi connectivity index (χ1) is 6.15. The molecule has 78 valence electrons. The maximum atomic E-state index is 6.06. The zero-order valence-electron chi connectivity index (χ0n) is 9.29. The van der Waals surface area contributed by atoms with Crippen LogP contribution in [0.4, 0.5) is 0 Å². The Balaban J connectivity index is 2.36. The first kappa shape index (κ1) is 11.0. The highest BCUT2D eigenvalue weighted by atomic mass is 15.2. The summed E-state index contributed by atoms with van der Waals surface area (Å²) in [7, 11) is 0. The highest BCUT2D eigenvalue weighted by Crippen LogP contribution is 2.18. The molecule has 1 saturated heterocycles. The lowest BCUT2D eigenvalue weighted by molar-refractivity contribution is 0.123. The second-order valence-electron chi connectivity index (χ2n) is 4.56. The van der Waals surface area contributed by atoms with Crippen LogP contribution in [0.3, 0.4) is 0 Å². The van der Waals surface area contributed by atoms with Crippen LogP contribution in [0, 0.1) is 5.92 Å². The van der Waals surface area contributed by atoms with Crippen LogP contribution in [-0.4, -0.2) is 30.1 Å². The van der Waals surface area contributed by atoms with Crippen molar-refractivity contribution in [3.05, 3.63) is 0 Å². The number of nitrogens with zero attached hydrogens (tertiary/aromatic N) is 1. The van der Waals surface area contributed by atoms with Gasteiger partial charge in [0.1, 0.15) is 0 Å². The molecule has 3 atom stereocenters. The largest absolute Gasteiger partial charge is 0.326 e. The molecular weight excluding hydrogens is 160 g/mol. The van der Waals surface area contributed by atoms with E-state index in [1.54, 1.807) is 0 Å². The first-order valence-corrected chi connectivity index (χ1v) is 5.64. The summed E-state index contributed by atoms with van der Waals surface area (Å²) in [4.78, 5) is 2.55. The van der Waals surface area contributed by atoms with Gasteiger partial charge in [-0.3, -0.25) is 4.90 Å². The SMILES string of the molecule is CCCC(C)N1CCC(C)C(N)C1. The van der Waals surface area contributed by atoms with Gasteiger partial charge in [-0.2, -0.15) is 0 Å². The van der Waals surface area contributed by atoms with Gasteiger partial charge in [0.25, 0.3) is 0 Å². The first-order valence-electron chi connectivity index (χ1n) is 5.64. The van der Waals surface area contributed by atoms with Gasteiger partial charge in [-0.25, -0.2) is 0 Å². The van der Waals surface area contributed by atoms with Gasteiger partial charge in [0, 0.05) is 18.6 Å². The Morgan fingerprint density at radius 2 is 2.23 bits per heavy atom. The second kappa shape index (κ2) is 4.97. The number of nitrogens with two attached hydrogens (primary N) is 1. The van der Waals surface area contributed by atoms with Crippen molar-refractivity contribution in [3.8, 4) is 0 Å². The molecule has 1 fully saturated rings. The molecule has 0 aromatic rings. The van der Waals surface area contributed by atoms with Crippen LogP contribution < -0.4 is 5.73 Å². The summed E-state index contributed by atoms with van der Waals surface area (Å²) in [5.41, 5.74) is 6.06. The summed E-state index contributed by atoms with van der Waals surface area (Å²) in [5, 5.41) is 0. The number of likely N-dealkylation sites (tertiary alicyclic amines) is 1. The number of piperidine rings is 1. The quantitative estimate of drug-likeness (QED) is 0.725. The van der Waals surface area contributed by atoms with Crippen molar-refractivity contribution in [1.29, 1.82) is 0 Å². The molecule has 2 heteroatoms. The highest BCUT2D eigenvalue weighted by Gasteiger charge is 2.25. The van der Waals surface area contributed by atoms with Crippen molar-refractivity contribution in [3.63, 3.8) is 0 Å². The molecule has 3 unspecified atom stereocenters. The minimum absolute atomic E-state index is 0.396. The van der Waals surface area contributed by atoms with E-state index in [2.05, 4.69) is 25.7 Å². The molecule has 0 bridgehead atoms. The van der Waals surface area contributed by atoms with Gasteiger partial charge >= 0.3 is 0 Å². The molecule has 0 aromatic heterocycles. The Bertz CT molecular complexity index is 147. The molecule has 0 amide bonds. The van der Waals surface area contributed by atoms with E-state index in [4.69, 9.17) is 5.73 Å². The lowest BCUT2D eigenvalue weighted by Gasteiger charge is -2.38. The van der Waals surface area contributed by atoms with Gasteiger partial charge in [0.2, 0.25) is 0 Å². The summed E-state index contributed by atoms with van der Waals surface area (Å²) >= 11 is 0. The predicted molar refractivity (Wildman–Crippen MR) is 57.7 cm³/mol. The molecular formula is C11H24N2. The Kier molecular flexibility index (Phi) is 4.20. The lowest BCUT2D eigenvalue weighted by Crippen LogP contribution is -2.50. The van der Waals surface area contributed by atoms with E-state index in [0.717, 1.165) is 12.6 Å². The molecule has 2 N–H and O–H groups in total. The summed E-state index contributed by atoms with van der Waals surface area (Å²) in [6, 6.07) is 1.12. The number of hydrogen-bond acceptors (Lipinski definition) is 2. The molecule has 0 aliphatic carbocycles. The third-order valence-corrected chi connectivity index (χ3v) is 3.38. The molecule has 13 heavy (non-hydrogen) atoms. The molecule has 1 heterocycles. The molecule has 0 saturated carbocycles.